The quantitative estimate of drug-likeness (QED) is 0.730. The number of rotatable bonds is 6. The first-order valence-electron chi connectivity index (χ1n) is 9.72. The number of aliphatic hydroxyl groups excluding tert-OH is 1. The molecule has 3 rings (SSSR count). The first-order valence-corrected chi connectivity index (χ1v) is 10.7. The van der Waals surface area contributed by atoms with Crippen LogP contribution in [0.2, 0.25) is 0 Å². The number of thioether (sulfide) groups is 1. The Morgan fingerprint density at radius 1 is 0.926 bits per heavy atom. The first-order chi connectivity index (χ1) is 12.9. The van der Waals surface area contributed by atoms with Crippen LogP contribution in [0.4, 0.5) is 0 Å². The zero-order valence-electron chi connectivity index (χ0n) is 16.1. The summed E-state index contributed by atoms with van der Waals surface area (Å²) in [7, 11) is 0. The van der Waals surface area contributed by atoms with Crippen LogP contribution in [-0.2, 0) is 17.6 Å². The molecule has 1 saturated heterocycles. The Hall–Kier alpha value is -1.33. The van der Waals surface area contributed by atoms with Gasteiger partial charge in [0.05, 0.1) is 12.2 Å². The van der Waals surface area contributed by atoms with Crippen molar-refractivity contribution in [2.45, 2.75) is 68.0 Å². The molecule has 2 N–H and O–H groups in total. The fourth-order valence-electron chi connectivity index (χ4n) is 3.70. The highest BCUT2D eigenvalue weighted by Gasteiger charge is 2.37. The third kappa shape index (κ3) is 6.35. The van der Waals surface area contributed by atoms with Gasteiger partial charge in [0.1, 0.15) is 0 Å². The van der Waals surface area contributed by atoms with Gasteiger partial charge in [-0.2, -0.15) is 11.8 Å². The molecule has 0 amide bonds. The number of ether oxygens (including phenoxy) is 1. The monoisotopic (exact) mass is 386 g/mol. The molecular weight excluding hydrogens is 356 g/mol. The lowest BCUT2D eigenvalue weighted by atomic mass is 9.98. The van der Waals surface area contributed by atoms with Crippen LogP contribution < -0.4 is 0 Å². The molecule has 1 heterocycles. The lowest BCUT2D eigenvalue weighted by molar-refractivity contribution is -0.225. The van der Waals surface area contributed by atoms with Gasteiger partial charge in [0.15, 0.2) is 5.79 Å². The van der Waals surface area contributed by atoms with E-state index in [1.165, 1.54) is 11.1 Å². The van der Waals surface area contributed by atoms with Crippen molar-refractivity contribution in [3.8, 4) is 0 Å². The predicted molar refractivity (Wildman–Crippen MR) is 112 cm³/mol. The summed E-state index contributed by atoms with van der Waals surface area (Å²) in [5.41, 5.74) is 2.54. The summed E-state index contributed by atoms with van der Waals surface area (Å²) in [5, 5.41) is 21.6. The van der Waals surface area contributed by atoms with Crippen molar-refractivity contribution >= 4 is 11.8 Å². The van der Waals surface area contributed by atoms with Crippen LogP contribution in [0.1, 0.15) is 37.8 Å². The van der Waals surface area contributed by atoms with E-state index in [0.29, 0.717) is 5.25 Å². The van der Waals surface area contributed by atoms with Gasteiger partial charge >= 0.3 is 0 Å². The Balaban J connectivity index is 1.77. The summed E-state index contributed by atoms with van der Waals surface area (Å²) in [6.45, 7) is 3.26. The summed E-state index contributed by atoms with van der Waals surface area (Å²) in [6, 6.07) is 20.8. The van der Waals surface area contributed by atoms with Crippen molar-refractivity contribution in [3.63, 3.8) is 0 Å². The van der Waals surface area contributed by atoms with Crippen molar-refractivity contribution in [2.75, 3.05) is 0 Å². The maximum Gasteiger partial charge on any atom is 0.160 e. The zero-order chi connectivity index (χ0) is 19.3. The molecule has 0 radical (unpaired) electrons. The van der Waals surface area contributed by atoms with E-state index < -0.39 is 11.9 Å². The van der Waals surface area contributed by atoms with Crippen LogP contribution in [-0.4, -0.2) is 38.7 Å². The zero-order valence-corrected chi connectivity index (χ0v) is 16.9. The van der Waals surface area contributed by atoms with Crippen molar-refractivity contribution in [1.82, 2.24) is 0 Å². The Kier molecular flexibility index (Phi) is 6.99. The molecule has 0 aromatic heterocycles. The first kappa shape index (κ1) is 20.4. The Morgan fingerprint density at radius 2 is 1.48 bits per heavy atom. The summed E-state index contributed by atoms with van der Waals surface area (Å²) < 4.78 is 5.83. The number of hydrogen-bond acceptors (Lipinski definition) is 4. The van der Waals surface area contributed by atoms with Gasteiger partial charge < -0.3 is 14.9 Å². The average molecular weight is 387 g/mol. The summed E-state index contributed by atoms with van der Waals surface area (Å²) in [4.78, 5) is 0. The fourth-order valence-corrected chi connectivity index (χ4v) is 5.38. The van der Waals surface area contributed by atoms with Gasteiger partial charge in [0, 0.05) is 10.5 Å². The van der Waals surface area contributed by atoms with E-state index in [1.54, 1.807) is 13.8 Å². The third-order valence-corrected chi connectivity index (χ3v) is 6.51. The van der Waals surface area contributed by atoms with Crippen LogP contribution in [0.25, 0.3) is 0 Å². The van der Waals surface area contributed by atoms with E-state index in [2.05, 4.69) is 36.4 Å². The Morgan fingerprint density at radius 3 is 2.04 bits per heavy atom. The second-order valence-corrected chi connectivity index (χ2v) is 9.39. The topological polar surface area (TPSA) is 49.7 Å². The minimum atomic E-state index is -1.24. The smallest absolute Gasteiger partial charge is 0.160 e. The number of aliphatic hydroxyl groups is 2. The molecule has 1 fully saturated rings. The van der Waals surface area contributed by atoms with Gasteiger partial charge in [-0.25, -0.2) is 0 Å². The average Bonchev–Trinajstić information content (AvgIpc) is 2.76. The van der Waals surface area contributed by atoms with Gasteiger partial charge in [-0.3, -0.25) is 0 Å². The van der Waals surface area contributed by atoms with E-state index in [-0.39, 0.29) is 11.4 Å². The van der Waals surface area contributed by atoms with Crippen molar-refractivity contribution < 1.29 is 14.9 Å². The molecule has 1 aliphatic heterocycles. The summed E-state index contributed by atoms with van der Waals surface area (Å²) in [5.74, 6) is -1.24. The van der Waals surface area contributed by atoms with Crippen molar-refractivity contribution in [2.24, 2.45) is 0 Å². The van der Waals surface area contributed by atoms with E-state index in [4.69, 9.17) is 4.74 Å². The lowest BCUT2D eigenvalue weighted by Crippen LogP contribution is -2.42. The third-order valence-electron chi connectivity index (χ3n) is 4.93. The minimum Gasteiger partial charge on any atom is -0.389 e. The molecule has 1 aliphatic rings. The highest BCUT2D eigenvalue weighted by Crippen LogP contribution is 2.36. The maximum atomic E-state index is 11.1. The molecule has 0 saturated carbocycles. The van der Waals surface area contributed by atoms with Gasteiger partial charge in [0.25, 0.3) is 0 Å². The Bertz CT molecular complexity index is 684. The molecule has 0 aliphatic carbocycles. The second-order valence-electron chi connectivity index (χ2n) is 7.85. The molecule has 0 bridgehead atoms. The maximum absolute atomic E-state index is 11.1. The number of hydrogen-bond donors (Lipinski definition) is 2. The summed E-state index contributed by atoms with van der Waals surface area (Å²) in [6.07, 6.45) is 2.53. The van der Waals surface area contributed by atoms with Crippen molar-refractivity contribution in [1.29, 1.82) is 0 Å². The SMILES string of the molecule is CC(C)(O)OC1CC[C@@H](Cc2ccccc2)SC(Cc2ccccc2)C1O. The molecule has 0 spiro atoms. The number of benzene rings is 2. The summed E-state index contributed by atoms with van der Waals surface area (Å²) >= 11 is 1.87. The molecule has 146 valence electrons. The Labute approximate surface area is 166 Å². The van der Waals surface area contributed by atoms with E-state index in [1.807, 2.05) is 36.0 Å². The van der Waals surface area contributed by atoms with Crippen molar-refractivity contribution in [3.05, 3.63) is 71.8 Å². The molecule has 4 heteroatoms. The van der Waals surface area contributed by atoms with Crippen LogP contribution >= 0.6 is 11.8 Å². The molecular formula is C23H30O3S. The predicted octanol–water partition coefficient (Wildman–Crippen LogP) is 4.21. The minimum absolute atomic E-state index is 0.0379. The molecule has 27 heavy (non-hydrogen) atoms. The van der Waals surface area contributed by atoms with Crippen LogP contribution in [0.15, 0.2) is 60.7 Å². The molecule has 4 atom stereocenters. The lowest BCUT2D eigenvalue weighted by Gasteiger charge is -2.31. The van der Waals surface area contributed by atoms with Crippen LogP contribution in [0.3, 0.4) is 0 Å². The van der Waals surface area contributed by atoms with Gasteiger partial charge in [-0.1, -0.05) is 60.7 Å². The van der Waals surface area contributed by atoms with E-state index in [0.717, 1.165) is 25.7 Å². The van der Waals surface area contributed by atoms with Gasteiger partial charge in [0.2, 0.25) is 0 Å². The van der Waals surface area contributed by atoms with Gasteiger partial charge in [-0.15, -0.1) is 0 Å². The van der Waals surface area contributed by atoms with E-state index >= 15 is 0 Å². The molecule has 3 unspecified atom stereocenters. The van der Waals surface area contributed by atoms with Crippen LogP contribution in [0.5, 0.6) is 0 Å². The second kappa shape index (κ2) is 9.24. The highest BCUT2D eigenvalue weighted by molar-refractivity contribution is 8.00. The van der Waals surface area contributed by atoms with Gasteiger partial charge in [-0.05, 0) is 50.7 Å². The highest BCUT2D eigenvalue weighted by atomic mass is 32.2. The van der Waals surface area contributed by atoms with E-state index in [9.17, 15) is 10.2 Å². The molecule has 3 nitrogen and oxygen atoms in total. The molecule has 2 aromatic carbocycles. The fraction of sp³-hybridized carbons (Fsp3) is 0.478. The largest absolute Gasteiger partial charge is 0.389 e. The standard InChI is InChI=1S/C23H30O3S/c1-23(2,25)26-20-14-13-19(15-17-9-5-3-6-10-17)27-21(22(20)24)16-18-11-7-4-8-12-18/h3-12,19-22,24-25H,13-16H2,1-2H3/t19-,20?,21?,22?/m0/s1. The normalized spacial score (nSPS) is 26.5. The molecule has 2 aromatic rings. The van der Waals surface area contributed by atoms with Crippen LogP contribution in [0, 0.1) is 0 Å².